The van der Waals surface area contributed by atoms with Crippen molar-refractivity contribution in [2.45, 2.75) is 18.2 Å². The highest BCUT2D eigenvalue weighted by Gasteiger charge is 2.22. The van der Waals surface area contributed by atoms with Gasteiger partial charge in [0.1, 0.15) is 11.7 Å². The second-order valence-corrected chi connectivity index (χ2v) is 6.14. The van der Waals surface area contributed by atoms with Crippen LogP contribution in [-0.4, -0.2) is 31.5 Å². The number of hydrogen-bond donors (Lipinski definition) is 1. The van der Waals surface area contributed by atoms with Crippen LogP contribution in [0.15, 0.2) is 29.2 Å². The highest BCUT2D eigenvalue weighted by Crippen LogP contribution is 2.14. The molecule has 0 bridgehead atoms. The minimum Gasteiger partial charge on any atom is -0.481 e. The largest absolute Gasteiger partial charge is 0.481 e. The molecule has 1 N–H and O–H groups in total. The van der Waals surface area contributed by atoms with Gasteiger partial charge in [-0.3, -0.25) is 9.59 Å². The van der Waals surface area contributed by atoms with Crippen molar-refractivity contribution in [3.63, 3.8) is 0 Å². The summed E-state index contributed by atoms with van der Waals surface area (Å²) in [6.07, 6.45) is 1.16. The van der Waals surface area contributed by atoms with Gasteiger partial charge in [0, 0.05) is 6.26 Å². The van der Waals surface area contributed by atoms with Crippen molar-refractivity contribution in [1.29, 1.82) is 0 Å². The standard InChI is InChI=1S/C12H14O5S/c1-8(13)11(12(14)15)7-9-3-5-10(6-4-9)18(2,16)17/h3-6,11H,7H2,1-2H3,(H,14,15). The second-order valence-electron chi connectivity index (χ2n) is 4.12. The lowest BCUT2D eigenvalue weighted by Gasteiger charge is -2.09. The van der Waals surface area contributed by atoms with Crippen LogP contribution in [0.1, 0.15) is 12.5 Å². The molecule has 0 amide bonds. The van der Waals surface area contributed by atoms with Gasteiger partial charge in [-0.2, -0.15) is 0 Å². The van der Waals surface area contributed by atoms with E-state index < -0.39 is 27.5 Å². The van der Waals surface area contributed by atoms with Crippen molar-refractivity contribution in [1.82, 2.24) is 0 Å². The van der Waals surface area contributed by atoms with Gasteiger partial charge in [0.25, 0.3) is 0 Å². The second kappa shape index (κ2) is 5.30. The number of benzene rings is 1. The van der Waals surface area contributed by atoms with Crippen LogP contribution >= 0.6 is 0 Å². The molecule has 5 nitrogen and oxygen atoms in total. The Balaban J connectivity index is 2.93. The van der Waals surface area contributed by atoms with Gasteiger partial charge in [0.15, 0.2) is 9.84 Å². The van der Waals surface area contributed by atoms with E-state index in [2.05, 4.69) is 0 Å². The molecule has 0 aliphatic rings. The first-order chi connectivity index (χ1) is 8.21. The van der Waals surface area contributed by atoms with E-state index in [1.54, 1.807) is 0 Å². The summed E-state index contributed by atoms with van der Waals surface area (Å²) in [6.45, 7) is 1.23. The Morgan fingerprint density at radius 2 is 1.72 bits per heavy atom. The van der Waals surface area contributed by atoms with Crippen LogP contribution < -0.4 is 0 Å². The number of Topliss-reactive ketones (excluding diaryl/α,β-unsaturated/α-hetero) is 1. The summed E-state index contributed by atoms with van der Waals surface area (Å²) in [5.41, 5.74) is 0.616. The third-order valence-electron chi connectivity index (χ3n) is 2.58. The van der Waals surface area contributed by atoms with Gasteiger partial charge in [0.2, 0.25) is 0 Å². The summed E-state index contributed by atoms with van der Waals surface area (Å²) in [7, 11) is -3.26. The van der Waals surface area contributed by atoms with Crippen LogP contribution in [0.25, 0.3) is 0 Å². The lowest BCUT2D eigenvalue weighted by atomic mass is 9.96. The van der Waals surface area contributed by atoms with Gasteiger partial charge < -0.3 is 5.11 Å². The van der Waals surface area contributed by atoms with Crippen molar-refractivity contribution < 1.29 is 23.1 Å². The first kappa shape index (κ1) is 14.4. The molecule has 1 unspecified atom stereocenters. The molecule has 0 radical (unpaired) electrons. The maximum Gasteiger partial charge on any atom is 0.314 e. The summed E-state index contributed by atoms with van der Waals surface area (Å²) >= 11 is 0. The van der Waals surface area contributed by atoms with Gasteiger partial charge >= 0.3 is 5.97 Å². The van der Waals surface area contributed by atoms with E-state index in [9.17, 15) is 18.0 Å². The molecule has 1 rings (SSSR count). The fraction of sp³-hybridized carbons (Fsp3) is 0.333. The minimum absolute atomic E-state index is 0.0642. The Bertz CT molecular complexity index is 543. The van der Waals surface area contributed by atoms with Gasteiger partial charge in [-0.1, -0.05) is 12.1 Å². The third kappa shape index (κ3) is 3.66. The number of carbonyl (C=O) groups excluding carboxylic acids is 1. The van der Waals surface area contributed by atoms with Crippen molar-refractivity contribution >= 4 is 21.6 Å². The molecule has 0 fully saturated rings. The number of rotatable bonds is 5. The van der Waals surface area contributed by atoms with Crippen LogP contribution in [-0.2, 0) is 25.8 Å². The molecule has 0 spiro atoms. The molecule has 0 saturated carbocycles. The number of ketones is 1. The van der Waals surface area contributed by atoms with E-state index in [-0.39, 0.29) is 11.3 Å². The van der Waals surface area contributed by atoms with E-state index in [0.29, 0.717) is 5.56 Å². The number of carboxylic acids is 1. The average molecular weight is 270 g/mol. The Kier molecular flexibility index (Phi) is 4.24. The quantitative estimate of drug-likeness (QED) is 0.804. The highest BCUT2D eigenvalue weighted by molar-refractivity contribution is 7.90. The lowest BCUT2D eigenvalue weighted by Crippen LogP contribution is -2.23. The van der Waals surface area contributed by atoms with E-state index >= 15 is 0 Å². The highest BCUT2D eigenvalue weighted by atomic mass is 32.2. The van der Waals surface area contributed by atoms with Crippen LogP contribution in [0, 0.1) is 5.92 Å². The topological polar surface area (TPSA) is 88.5 Å². The summed E-state index contributed by atoms with van der Waals surface area (Å²) in [5, 5.41) is 8.87. The Hall–Kier alpha value is -1.69. The Morgan fingerprint density at radius 3 is 2.06 bits per heavy atom. The summed E-state index contributed by atoms with van der Waals surface area (Å²) in [4.78, 5) is 22.2. The van der Waals surface area contributed by atoms with E-state index in [0.717, 1.165) is 6.26 Å². The molecule has 0 heterocycles. The fourth-order valence-corrected chi connectivity index (χ4v) is 2.14. The van der Waals surface area contributed by atoms with Gasteiger partial charge in [-0.25, -0.2) is 8.42 Å². The Morgan fingerprint density at radius 1 is 1.22 bits per heavy atom. The third-order valence-corrected chi connectivity index (χ3v) is 3.71. The summed E-state index contributed by atoms with van der Waals surface area (Å²) in [6, 6.07) is 5.86. The number of carbonyl (C=O) groups is 2. The number of carboxylic acid groups (broad SMARTS) is 1. The molecule has 1 atom stereocenters. The molecule has 6 heteroatoms. The zero-order valence-corrected chi connectivity index (χ0v) is 10.9. The van der Waals surface area contributed by atoms with Crippen molar-refractivity contribution in [3.05, 3.63) is 29.8 Å². The van der Waals surface area contributed by atoms with Crippen LogP contribution in [0.4, 0.5) is 0 Å². The summed E-state index contributed by atoms with van der Waals surface area (Å²) in [5.74, 6) is -2.68. The van der Waals surface area contributed by atoms with Gasteiger partial charge in [-0.05, 0) is 31.0 Å². The molecule has 0 aliphatic carbocycles. The summed E-state index contributed by atoms with van der Waals surface area (Å²) < 4.78 is 22.5. The molecular weight excluding hydrogens is 256 g/mol. The normalized spacial score (nSPS) is 13.0. The fourth-order valence-electron chi connectivity index (χ4n) is 1.51. The molecule has 0 saturated heterocycles. The van der Waals surface area contributed by atoms with Crippen LogP contribution in [0.3, 0.4) is 0 Å². The Labute approximate surface area is 105 Å². The predicted octanol–water partition coefficient (Wildman–Crippen LogP) is 0.922. The maximum absolute atomic E-state index is 11.2. The number of sulfone groups is 1. The predicted molar refractivity (Wildman–Crippen MR) is 65.1 cm³/mol. The number of hydrogen-bond acceptors (Lipinski definition) is 4. The van der Waals surface area contributed by atoms with Crippen LogP contribution in [0.2, 0.25) is 0 Å². The smallest absolute Gasteiger partial charge is 0.314 e. The average Bonchev–Trinajstić information content (AvgIpc) is 2.24. The molecular formula is C12H14O5S. The van der Waals surface area contributed by atoms with Crippen molar-refractivity contribution in [3.8, 4) is 0 Å². The van der Waals surface area contributed by atoms with E-state index in [4.69, 9.17) is 5.11 Å². The molecule has 98 valence electrons. The van der Waals surface area contributed by atoms with Crippen molar-refractivity contribution in [2.24, 2.45) is 5.92 Å². The zero-order valence-electron chi connectivity index (χ0n) is 10.1. The number of aliphatic carboxylic acids is 1. The maximum atomic E-state index is 11.2. The first-order valence-electron chi connectivity index (χ1n) is 5.24. The van der Waals surface area contributed by atoms with Crippen LogP contribution in [0.5, 0.6) is 0 Å². The van der Waals surface area contributed by atoms with Gasteiger partial charge in [-0.15, -0.1) is 0 Å². The van der Waals surface area contributed by atoms with Gasteiger partial charge in [0.05, 0.1) is 4.90 Å². The first-order valence-corrected chi connectivity index (χ1v) is 7.13. The lowest BCUT2D eigenvalue weighted by molar-refractivity contribution is -0.145. The molecule has 18 heavy (non-hydrogen) atoms. The molecule has 0 aromatic heterocycles. The van der Waals surface area contributed by atoms with E-state index in [1.807, 2.05) is 0 Å². The minimum atomic E-state index is -3.26. The van der Waals surface area contributed by atoms with Crippen molar-refractivity contribution in [2.75, 3.05) is 6.26 Å². The monoisotopic (exact) mass is 270 g/mol. The molecule has 1 aromatic rings. The zero-order chi connectivity index (χ0) is 13.9. The molecule has 0 aliphatic heterocycles. The molecule has 1 aromatic carbocycles. The van der Waals surface area contributed by atoms with E-state index in [1.165, 1.54) is 31.2 Å². The SMILES string of the molecule is CC(=O)C(Cc1ccc(S(C)(=O)=O)cc1)C(=O)O.